The third-order valence-corrected chi connectivity index (χ3v) is 4.43. The van der Waals surface area contributed by atoms with Gasteiger partial charge in [0.2, 0.25) is 0 Å². The maximum atomic E-state index is 12.5. The molecule has 2 saturated heterocycles. The fourth-order valence-corrected chi connectivity index (χ4v) is 3.34. The lowest BCUT2D eigenvalue weighted by atomic mass is 10.0. The van der Waals surface area contributed by atoms with E-state index in [0.717, 1.165) is 31.6 Å². The number of nitrogens with one attached hydrogen (secondary N) is 2. The van der Waals surface area contributed by atoms with Crippen LogP contribution >= 0.6 is 0 Å². The van der Waals surface area contributed by atoms with Crippen molar-refractivity contribution in [1.82, 2.24) is 10.2 Å². The lowest BCUT2D eigenvalue weighted by Crippen LogP contribution is -2.48. The summed E-state index contributed by atoms with van der Waals surface area (Å²) in [5, 5.41) is 6.56. The number of amides is 2. The van der Waals surface area contributed by atoms with Crippen molar-refractivity contribution in [2.24, 2.45) is 0 Å². The minimum absolute atomic E-state index is 0.0463. The molecule has 2 unspecified atom stereocenters. The number of hydrogen-bond acceptors (Lipinski definition) is 2. The van der Waals surface area contributed by atoms with E-state index in [9.17, 15) is 4.79 Å². The Morgan fingerprint density at radius 3 is 2.75 bits per heavy atom. The number of hydrogen-bond donors (Lipinski definition) is 2. The Morgan fingerprint density at radius 1 is 1.25 bits per heavy atom. The molecule has 4 heteroatoms. The molecule has 1 aromatic carbocycles. The number of nitrogens with zero attached hydrogens (tertiary/aromatic N) is 1. The van der Waals surface area contributed by atoms with E-state index in [-0.39, 0.29) is 6.03 Å². The van der Waals surface area contributed by atoms with E-state index in [1.165, 1.54) is 18.4 Å². The number of urea groups is 1. The van der Waals surface area contributed by atoms with Gasteiger partial charge in [-0.3, -0.25) is 0 Å². The van der Waals surface area contributed by atoms with Gasteiger partial charge in [-0.1, -0.05) is 17.7 Å². The van der Waals surface area contributed by atoms with Crippen molar-refractivity contribution in [2.45, 2.75) is 44.7 Å². The van der Waals surface area contributed by atoms with E-state index in [1.54, 1.807) is 0 Å². The van der Waals surface area contributed by atoms with Gasteiger partial charge in [-0.05, 0) is 51.3 Å². The lowest BCUT2D eigenvalue weighted by Gasteiger charge is -2.29. The number of carbonyl (C=O) groups is 1. The van der Waals surface area contributed by atoms with Crippen LogP contribution in [-0.2, 0) is 0 Å². The summed E-state index contributed by atoms with van der Waals surface area (Å²) in [4.78, 5) is 14.5. The number of aryl methyl sites for hydroxylation is 1. The van der Waals surface area contributed by atoms with Gasteiger partial charge >= 0.3 is 6.03 Å². The summed E-state index contributed by atoms with van der Waals surface area (Å²) in [6.07, 6.45) is 4.66. The summed E-state index contributed by atoms with van der Waals surface area (Å²) in [6.45, 7) is 4.02. The van der Waals surface area contributed by atoms with Gasteiger partial charge in [-0.25, -0.2) is 4.79 Å². The van der Waals surface area contributed by atoms with Crippen LogP contribution in [-0.4, -0.2) is 36.1 Å². The average molecular weight is 273 g/mol. The molecule has 0 saturated carbocycles. The van der Waals surface area contributed by atoms with Crippen LogP contribution in [0.15, 0.2) is 24.3 Å². The number of likely N-dealkylation sites (tertiary alicyclic amines) is 1. The van der Waals surface area contributed by atoms with Crippen LogP contribution < -0.4 is 10.6 Å². The molecule has 0 aromatic heterocycles. The second kappa shape index (κ2) is 5.83. The highest BCUT2D eigenvalue weighted by atomic mass is 16.2. The second-order valence-electron chi connectivity index (χ2n) is 5.90. The van der Waals surface area contributed by atoms with Crippen molar-refractivity contribution in [3.63, 3.8) is 0 Å². The molecule has 1 aromatic rings. The number of anilines is 1. The van der Waals surface area contributed by atoms with Crippen LogP contribution in [0.25, 0.3) is 0 Å². The molecule has 2 fully saturated rings. The molecule has 0 bridgehead atoms. The molecule has 108 valence electrons. The summed E-state index contributed by atoms with van der Waals surface area (Å²) in [7, 11) is 0. The van der Waals surface area contributed by atoms with Crippen molar-refractivity contribution < 1.29 is 4.79 Å². The van der Waals surface area contributed by atoms with Gasteiger partial charge in [0.25, 0.3) is 0 Å². The summed E-state index contributed by atoms with van der Waals surface area (Å²) in [6, 6.07) is 8.87. The van der Waals surface area contributed by atoms with E-state index < -0.39 is 0 Å². The zero-order valence-electron chi connectivity index (χ0n) is 12.1. The predicted octanol–water partition coefficient (Wildman–Crippen LogP) is 2.74. The van der Waals surface area contributed by atoms with Crippen molar-refractivity contribution in [2.75, 3.05) is 18.4 Å². The van der Waals surface area contributed by atoms with Gasteiger partial charge in [0.1, 0.15) is 0 Å². The standard InChI is InChI=1S/C16H23N3O/c1-12-6-8-13(9-7-12)18-16(20)19-11-3-5-15(19)14-4-2-10-17-14/h6-9,14-15,17H,2-5,10-11H2,1H3,(H,18,20). The highest BCUT2D eigenvalue weighted by Crippen LogP contribution is 2.25. The van der Waals surface area contributed by atoms with E-state index in [4.69, 9.17) is 0 Å². The Bertz CT molecular complexity index is 465. The first-order valence-electron chi connectivity index (χ1n) is 7.62. The monoisotopic (exact) mass is 273 g/mol. The molecule has 3 rings (SSSR count). The molecular formula is C16H23N3O. The molecule has 2 amide bonds. The Hall–Kier alpha value is -1.55. The highest BCUT2D eigenvalue weighted by molar-refractivity contribution is 5.89. The molecule has 2 atom stereocenters. The van der Waals surface area contributed by atoms with Gasteiger partial charge in [0.05, 0.1) is 0 Å². The van der Waals surface area contributed by atoms with Gasteiger partial charge in [0, 0.05) is 24.3 Å². The molecule has 2 aliphatic heterocycles. The largest absolute Gasteiger partial charge is 0.322 e. The zero-order valence-corrected chi connectivity index (χ0v) is 12.1. The molecule has 2 heterocycles. The molecule has 20 heavy (non-hydrogen) atoms. The van der Waals surface area contributed by atoms with Gasteiger partial charge in [0.15, 0.2) is 0 Å². The molecular weight excluding hydrogens is 250 g/mol. The summed E-state index contributed by atoms with van der Waals surface area (Å²) in [5.41, 5.74) is 2.09. The van der Waals surface area contributed by atoms with Crippen LogP contribution in [0.4, 0.5) is 10.5 Å². The molecule has 2 N–H and O–H groups in total. The maximum absolute atomic E-state index is 12.5. The van der Waals surface area contributed by atoms with Crippen LogP contribution in [0.3, 0.4) is 0 Å². The first kappa shape index (κ1) is 13.4. The zero-order chi connectivity index (χ0) is 13.9. The Labute approximate surface area is 120 Å². The summed E-state index contributed by atoms with van der Waals surface area (Å²) >= 11 is 0. The van der Waals surface area contributed by atoms with Gasteiger partial charge < -0.3 is 15.5 Å². The second-order valence-corrected chi connectivity index (χ2v) is 5.90. The van der Waals surface area contributed by atoms with Crippen LogP contribution in [0.5, 0.6) is 0 Å². The fourth-order valence-electron chi connectivity index (χ4n) is 3.34. The average Bonchev–Trinajstić information content (AvgIpc) is 3.11. The first-order chi connectivity index (χ1) is 9.74. The van der Waals surface area contributed by atoms with Crippen molar-refractivity contribution >= 4 is 11.7 Å². The van der Waals surface area contributed by atoms with Gasteiger partial charge in [-0.2, -0.15) is 0 Å². The predicted molar refractivity (Wildman–Crippen MR) is 81.0 cm³/mol. The van der Waals surface area contributed by atoms with E-state index in [1.807, 2.05) is 36.1 Å². The molecule has 0 aliphatic carbocycles. The lowest BCUT2D eigenvalue weighted by molar-refractivity contribution is 0.195. The normalized spacial score (nSPS) is 25.9. The minimum atomic E-state index is 0.0463. The Morgan fingerprint density at radius 2 is 2.05 bits per heavy atom. The van der Waals surface area contributed by atoms with E-state index in [2.05, 4.69) is 10.6 Å². The van der Waals surface area contributed by atoms with Gasteiger partial charge in [-0.15, -0.1) is 0 Å². The topological polar surface area (TPSA) is 44.4 Å². The fraction of sp³-hybridized carbons (Fsp3) is 0.562. The number of benzene rings is 1. The molecule has 0 radical (unpaired) electrons. The maximum Gasteiger partial charge on any atom is 0.322 e. The molecule has 4 nitrogen and oxygen atoms in total. The number of carbonyl (C=O) groups excluding carboxylic acids is 1. The van der Waals surface area contributed by atoms with Crippen molar-refractivity contribution in [3.8, 4) is 0 Å². The van der Waals surface area contributed by atoms with E-state index >= 15 is 0 Å². The minimum Gasteiger partial charge on any atom is -0.320 e. The highest BCUT2D eigenvalue weighted by Gasteiger charge is 2.35. The number of rotatable bonds is 2. The quantitative estimate of drug-likeness (QED) is 0.870. The SMILES string of the molecule is Cc1ccc(NC(=O)N2CCCC2C2CCCN2)cc1. The smallest absolute Gasteiger partial charge is 0.320 e. The molecule has 0 spiro atoms. The van der Waals surface area contributed by atoms with Crippen molar-refractivity contribution in [3.05, 3.63) is 29.8 Å². The van der Waals surface area contributed by atoms with Crippen molar-refractivity contribution in [1.29, 1.82) is 0 Å². The Balaban J connectivity index is 1.64. The van der Waals surface area contributed by atoms with E-state index in [0.29, 0.717) is 12.1 Å². The Kier molecular flexibility index (Phi) is 3.92. The summed E-state index contributed by atoms with van der Waals surface area (Å²) < 4.78 is 0. The van der Waals surface area contributed by atoms with Crippen LogP contribution in [0.2, 0.25) is 0 Å². The first-order valence-corrected chi connectivity index (χ1v) is 7.62. The third-order valence-electron chi connectivity index (χ3n) is 4.43. The third kappa shape index (κ3) is 2.80. The molecule has 2 aliphatic rings. The van der Waals surface area contributed by atoms with Crippen LogP contribution in [0, 0.1) is 6.92 Å². The van der Waals surface area contributed by atoms with Crippen LogP contribution in [0.1, 0.15) is 31.2 Å². The summed E-state index contributed by atoms with van der Waals surface area (Å²) in [5.74, 6) is 0.